The van der Waals surface area contributed by atoms with E-state index in [-0.39, 0.29) is 74.4 Å². The predicted octanol–water partition coefficient (Wildman–Crippen LogP) is 3.07. The van der Waals surface area contributed by atoms with E-state index in [0.717, 1.165) is 19.3 Å². The summed E-state index contributed by atoms with van der Waals surface area (Å²) in [5.41, 5.74) is -1.86. The molecule has 2 N–H and O–H groups in total. The van der Waals surface area contributed by atoms with Crippen LogP contribution < -0.4 is 0 Å². The van der Waals surface area contributed by atoms with Crippen LogP contribution in [0.1, 0.15) is 65.7 Å². The highest BCUT2D eigenvalue weighted by Gasteiger charge is 2.72. The molecular formula is C29H52O10. The van der Waals surface area contributed by atoms with Gasteiger partial charge in [0.15, 0.2) is 5.79 Å². The molecule has 0 aromatic carbocycles. The van der Waals surface area contributed by atoms with Crippen LogP contribution in [0.3, 0.4) is 0 Å². The van der Waals surface area contributed by atoms with E-state index >= 15 is 0 Å². The van der Waals surface area contributed by atoms with Gasteiger partial charge in [-0.15, -0.1) is 0 Å². The molecule has 39 heavy (non-hydrogen) atoms. The number of ether oxygens (including phenoxy) is 8. The number of hydrogen-bond acceptors (Lipinski definition) is 10. The quantitative estimate of drug-likeness (QED) is 0.326. The fourth-order valence-corrected chi connectivity index (χ4v) is 8.92. The van der Waals surface area contributed by atoms with Gasteiger partial charge < -0.3 is 48.1 Å². The zero-order valence-corrected chi connectivity index (χ0v) is 25.0. The average molecular weight is 561 g/mol. The van der Waals surface area contributed by atoms with Gasteiger partial charge in [0.05, 0.1) is 29.5 Å². The predicted molar refractivity (Wildman–Crippen MR) is 142 cm³/mol. The molecule has 0 radical (unpaired) electrons. The molecule has 10 atom stereocenters. The highest BCUT2D eigenvalue weighted by molar-refractivity contribution is 5.21. The van der Waals surface area contributed by atoms with Gasteiger partial charge in [-0.25, -0.2) is 0 Å². The lowest BCUT2D eigenvalue weighted by Gasteiger charge is -2.65. The number of hydrogen-bond donors (Lipinski definition) is 2. The third-order valence-electron chi connectivity index (χ3n) is 10.7. The van der Waals surface area contributed by atoms with Crippen molar-refractivity contribution in [2.45, 2.75) is 101 Å². The van der Waals surface area contributed by atoms with Crippen molar-refractivity contribution >= 4 is 0 Å². The summed E-state index contributed by atoms with van der Waals surface area (Å²) in [4.78, 5) is 0. The standard InChI is InChI=1S/C29H52O10/c1-26(2,35-7)39-22-12-20(36-16-32-4)13-28(31)10-9-21-24(25(22)28)23(37-17-33-5)14-27(3)19(15-30)8-11-29(21,27)38-18-34-6/h19-25,30-31H,8-18H2,1-7H3/t19-,20+,21?,22-,23-,24?,25?,27-,28+,29+/m1/s1. The zero-order chi connectivity index (χ0) is 28.5. The van der Waals surface area contributed by atoms with E-state index in [4.69, 9.17) is 37.9 Å². The second-order valence-corrected chi connectivity index (χ2v) is 12.8. The lowest BCUT2D eigenvalue weighted by molar-refractivity contribution is -0.326. The Kier molecular flexibility index (Phi) is 10.1. The highest BCUT2D eigenvalue weighted by Crippen LogP contribution is 2.68. The number of aliphatic hydroxyl groups is 2. The Bertz CT molecular complexity index is 796. The second kappa shape index (κ2) is 12.5. The van der Waals surface area contributed by atoms with Crippen molar-refractivity contribution in [2.24, 2.45) is 29.1 Å². The highest BCUT2D eigenvalue weighted by atomic mass is 16.7. The summed E-state index contributed by atoms with van der Waals surface area (Å²) in [5, 5.41) is 22.9. The Morgan fingerprint density at radius 2 is 1.56 bits per heavy atom. The van der Waals surface area contributed by atoms with Crippen molar-refractivity contribution in [3.63, 3.8) is 0 Å². The molecule has 4 aliphatic carbocycles. The Morgan fingerprint density at radius 3 is 2.21 bits per heavy atom. The van der Waals surface area contributed by atoms with Gasteiger partial charge in [0.1, 0.15) is 20.4 Å². The summed E-state index contributed by atoms with van der Waals surface area (Å²) in [5.74, 6) is -1.00. The maximum Gasteiger partial charge on any atom is 0.162 e. The number of methoxy groups -OCH3 is 4. The summed E-state index contributed by atoms with van der Waals surface area (Å²) in [6.45, 7) is 6.63. The van der Waals surface area contributed by atoms with Crippen LogP contribution in [0.4, 0.5) is 0 Å². The van der Waals surface area contributed by atoms with Crippen molar-refractivity contribution in [3.8, 4) is 0 Å². The summed E-state index contributed by atoms with van der Waals surface area (Å²) < 4.78 is 47.6. The Balaban J connectivity index is 1.79. The molecule has 3 unspecified atom stereocenters. The Morgan fingerprint density at radius 1 is 0.872 bits per heavy atom. The van der Waals surface area contributed by atoms with Gasteiger partial charge in [-0.05, 0) is 63.7 Å². The molecular weight excluding hydrogens is 508 g/mol. The van der Waals surface area contributed by atoms with Crippen LogP contribution in [0.15, 0.2) is 0 Å². The summed E-state index contributed by atoms with van der Waals surface area (Å²) in [7, 11) is 6.51. The van der Waals surface area contributed by atoms with Crippen LogP contribution in [0.25, 0.3) is 0 Å². The van der Waals surface area contributed by atoms with Gasteiger partial charge in [0.25, 0.3) is 0 Å². The first-order valence-corrected chi connectivity index (χ1v) is 14.4. The molecule has 4 aliphatic rings. The van der Waals surface area contributed by atoms with Crippen LogP contribution in [-0.2, 0) is 37.9 Å². The molecule has 0 bridgehead atoms. The molecule has 4 rings (SSSR count). The van der Waals surface area contributed by atoms with Gasteiger partial charge in [0, 0.05) is 59.2 Å². The van der Waals surface area contributed by atoms with Gasteiger partial charge in [-0.3, -0.25) is 0 Å². The van der Waals surface area contributed by atoms with Gasteiger partial charge in [-0.2, -0.15) is 0 Å². The number of rotatable bonds is 13. The first-order chi connectivity index (χ1) is 18.5. The fraction of sp³-hybridized carbons (Fsp3) is 1.00. The molecule has 4 saturated carbocycles. The van der Waals surface area contributed by atoms with Gasteiger partial charge >= 0.3 is 0 Å². The van der Waals surface area contributed by atoms with Gasteiger partial charge in [0.2, 0.25) is 0 Å². The third kappa shape index (κ3) is 5.68. The molecule has 0 heterocycles. The molecule has 10 nitrogen and oxygen atoms in total. The zero-order valence-electron chi connectivity index (χ0n) is 25.0. The Labute approximate surface area is 233 Å². The minimum Gasteiger partial charge on any atom is -0.396 e. The van der Waals surface area contributed by atoms with Crippen molar-refractivity contribution in [1.82, 2.24) is 0 Å². The number of fused-ring (bicyclic) bond motifs is 5. The smallest absolute Gasteiger partial charge is 0.162 e. The van der Waals surface area contributed by atoms with Crippen molar-refractivity contribution in [2.75, 3.05) is 55.4 Å². The van der Waals surface area contributed by atoms with E-state index in [0.29, 0.717) is 25.7 Å². The largest absolute Gasteiger partial charge is 0.396 e. The van der Waals surface area contributed by atoms with Crippen molar-refractivity contribution < 1.29 is 48.1 Å². The minimum atomic E-state index is -1.02. The molecule has 0 spiro atoms. The molecule has 0 aliphatic heterocycles. The molecule has 0 saturated heterocycles. The second-order valence-electron chi connectivity index (χ2n) is 12.8. The van der Waals surface area contributed by atoms with Crippen LogP contribution in [0.5, 0.6) is 0 Å². The normalized spacial score (nSPS) is 44.1. The lowest BCUT2D eigenvalue weighted by Crippen LogP contribution is -2.71. The maximum atomic E-state index is 12.4. The van der Waals surface area contributed by atoms with Crippen LogP contribution >= 0.6 is 0 Å². The average Bonchev–Trinajstić information content (AvgIpc) is 3.20. The summed E-state index contributed by atoms with van der Waals surface area (Å²) in [6, 6.07) is 0. The summed E-state index contributed by atoms with van der Waals surface area (Å²) >= 11 is 0. The van der Waals surface area contributed by atoms with E-state index in [1.54, 1.807) is 28.4 Å². The van der Waals surface area contributed by atoms with Gasteiger partial charge in [-0.1, -0.05) is 6.92 Å². The SMILES string of the molecule is COCO[C@H]1C[C@@H](OC(C)(C)OC)C2C3C(CC[C@]2(O)C1)[C@@]1(OCOC)CC[C@H](CO)[C@@]1(C)C[C@H]3OCOC. The van der Waals surface area contributed by atoms with Crippen LogP contribution in [0, 0.1) is 29.1 Å². The Hall–Kier alpha value is -0.400. The molecule has 4 fully saturated rings. The molecule has 0 aromatic rings. The maximum absolute atomic E-state index is 12.4. The van der Waals surface area contributed by atoms with E-state index in [9.17, 15) is 10.2 Å². The van der Waals surface area contributed by atoms with E-state index in [1.807, 2.05) is 13.8 Å². The molecule has 10 heteroatoms. The van der Waals surface area contributed by atoms with E-state index in [2.05, 4.69) is 6.92 Å². The van der Waals surface area contributed by atoms with E-state index in [1.165, 1.54) is 0 Å². The third-order valence-corrected chi connectivity index (χ3v) is 10.7. The minimum absolute atomic E-state index is 0.0673. The molecule has 0 aromatic heterocycles. The fourth-order valence-electron chi connectivity index (χ4n) is 8.92. The van der Waals surface area contributed by atoms with Crippen LogP contribution in [0.2, 0.25) is 0 Å². The lowest BCUT2D eigenvalue weighted by atomic mass is 9.45. The first kappa shape index (κ1) is 31.5. The van der Waals surface area contributed by atoms with Crippen molar-refractivity contribution in [3.05, 3.63) is 0 Å². The van der Waals surface area contributed by atoms with Crippen molar-refractivity contribution in [1.29, 1.82) is 0 Å². The topological polar surface area (TPSA) is 114 Å². The summed E-state index contributed by atoms with van der Waals surface area (Å²) in [6.07, 6.45) is 4.07. The van der Waals surface area contributed by atoms with E-state index < -0.39 is 17.0 Å². The molecule has 228 valence electrons. The first-order valence-electron chi connectivity index (χ1n) is 14.4. The number of aliphatic hydroxyl groups excluding tert-OH is 1. The van der Waals surface area contributed by atoms with Crippen LogP contribution in [-0.4, -0.2) is 101 Å². The monoisotopic (exact) mass is 560 g/mol. The molecule has 0 amide bonds.